The maximum Gasteiger partial charge on any atom is 0.407 e. The number of hydrogen-bond donors (Lipinski definition) is 2. The van der Waals surface area contributed by atoms with Crippen molar-refractivity contribution in [2.24, 2.45) is 0 Å². The quantitative estimate of drug-likeness (QED) is 0.301. The maximum atomic E-state index is 12.3. The number of amides is 1. The molecule has 0 fully saturated rings. The number of aliphatic hydroxyl groups is 1. The lowest BCUT2D eigenvalue weighted by Crippen LogP contribution is -2.51. The van der Waals surface area contributed by atoms with Crippen molar-refractivity contribution < 1.29 is 33.4 Å². The summed E-state index contributed by atoms with van der Waals surface area (Å²) in [5, 5.41) is 13.1. The van der Waals surface area contributed by atoms with Gasteiger partial charge in [-0.2, -0.15) is 0 Å². The Labute approximate surface area is 185 Å². The summed E-state index contributed by atoms with van der Waals surface area (Å²) >= 11 is 0. The summed E-state index contributed by atoms with van der Waals surface area (Å²) in [7, 11) is -0.983. The molecule has 174 valence electrons. The van der Waals surface area contributed by atoms with Gasteiger partial charge in [0.1, 0.15) is 18.8 Å². The minimum absolute atomic E-state index is 0.0175. The van der Waals surface area contributed by atoms with Crippen molar-refractivity contribution in [3.63, 3.8) is 0 Å². The molecule has 0 heterocycles. The first-order valence-corrected chi connectivity index (χ1v) is 13.1. The lowest BCUT2D eigenvalue weighted by molar-refractivity contribution is -0.143. The molecule has 1 amide bonds. The Morgan fingerprint density at radius 3 is 2.29 bits per heavy atom. The molecule has 1 aromatic carbocycles. The SMILES string of the molecule is COC(=O)CC(=O)C[C@H](O)[C@H](CO[Si](C)(C)C(C)(C)C)NC(=O)OCc1ccccc1. The second-order valence-electron chi connectivity index (χ2n) is 8.95. The van der Waals surface area contributed by atoms with E-state index in [1.54, 1.807) is 0 Å². The van der Waals surface area contributed by atoms with Gasteiger partial charge < -0.3 is 24.3 Å². The van der Waals surface area contributed by atoms with E-state index < -0.39 is 44.7 Å². The molecule has 0 aliphatic heterocycles. The van der Waals surface area contributed by atoms with Crippen LogP contribution in [0, 0.1) is 0 Å². The van der Waals surface area contributed by atoms with Gasteiger partial charge in [0.15, 0.2) is 8.32 Å². The predicted molar refractivity (Wildman–Crippen MR) is 119 cm³/mol. The minimum atomic E-state index is -2.17. The van der Waals surface area contributed by atoms with E-state index in [4.69, 9.17) is 9.16 Å². The molecule has 0 bridgehead atoms. The standard InChI is InChI=1S/C22H35NO7Si/c1-22(2,3)31(5,6)30-15-18(19(25)12-17(24)13-20(26)28-4)23-21(27)29-14-16-10-8-7-9-11-16/h7-11,18-19,25H,12-15H2,1-6H3,(H,23,27)/t18-,19-/m0/s1. The minimum Gasteiger partial charge on any atom is -0.469 e. The maximum absolute atomic E-state index is 12.3. The van der Waals surface area contributed by atoms with Crippen LogP contribution in [0.15, 0.2) is 30.3 Å². The lowest BCUT2D eigenvalue weighted by atomic mass is 10.0. The van der Waals surface area contributed by atoms with Gasteiger partial charge in [-0.15, -0.1) is 0 Å². The van der Waals surface area contributed by atoms with Crippen molar-refractivity contribution in [3.8, 4) is 0 Å². The van der Waals surface area contributed by atoms with E-state index in [1.807, 2.05) is 43.4 Å². The van der Waals surface area contributed by atoms with Crippen molar-refractivity contribution in [3.05, 3.63) is 35.9 Å². The van der Waals surface area contributed by atoms with Gasteiger partial charge >= 0.3 is 12.1 Å². The van der Waals surface area contributed by atoms with Crippen LogP contribution >= 0.6 is 0 Å². The number of nitrogens with one attached hydrogen (secondary N) is 1. The molecule has 8 nitrogen and oxygen atoms in total. The van der Waals surface area contributed by atoms with E-state index in [0.29, 0.717) is 0 Å². The van der Waals surface area contributed by atoms with Crippen molar-refractivity contribution >= 4 is 26.2 Å². The van der Waals surface area contributed by atoms with Crippen LogP contribution in [0.3, 0.4) is 0 Å². The summed E-state index contributed by atoms with van der Waals surface area (Å²) in [6.45, 7) is 10.4. The van der Waals surface area contributed by atoms with Gasteiger partial charge in [0.25, 0.3) is 0 Å². The van der Waals surface area contributed by atoms with Crippen LogP contribution in [0.5, 0.6) is 0 Å². The molecule has 0 saturated carbocycles. The molecule has 31 heavy (non-hydrogen) atoms. The van der Waals surface area contributed by atoms with Gasteiger partial charge in [-0.3, -0.25) is 9.59 Å². The molecule has 0 aromatic heterocycles. The zero-order chi connectivity index (χ0) is 23.7. The first-order chi connectivity index (χ1) is 14.4. The molecule has 0 radical (unpaired) electrons. The number of rotatable bonds is 11. The normalized spacial score (nSPS) is 13.8. The van der Waals surface area contributed by atoms with Crippen LogP contribution in [0.4, 0.5) is 4.79 Å². The molecule has 1 aromatic rings. The van der Waals surface area contributed by atoms with Crippen molar-refractivity contribution in [1.82, 2.24) is 5.32 Å². The molecule has 0 spiro atoms. The Kier molecular flexibility index (Phi) is 10.3. The Bertz CT molecular complexity index is 731. The van der Waals surface area contributed by atoms with Gasteiger partial charge in [-0.05, 0) is 23.7 Å². The molecular formula is C22H35NO7Si. The number of Topliss-reactive ketones (excluding diaryl/α,β-unsaturated/α-hetero) is 1. The molecule has 1 rings (SSSR count). The van der Waals surface area contributed by atoms with E-state index in [-0.39, 0.29) is 24.7 Å². The first-order valence-electron chi connectivity index (χ1n) is 10.2. The fourth-order valence-electron chi connectivity index (χ4n) is 2.36. The second-order valence-corrected chi connectivity index (χ2v) is 13.8. The van der Waals surface area contributed by atoms with E-state index in [2.05, 4.69) is 30.8 Å². The van der Waals surface area contributed by atoms with E-state index in [0.717, 1.165) is 5.56 Å². The molecule has 9 heteroatoms. The molecule has 0 aliphatic rings. The molecular weight excluding hydrogens is 418 g/mol. The highest BCUT2D eigenvalue weighted by atomic mass is 28.4. The topological polar surface area (TPSA) is 111 Å². The second kappa shape index (κ2) is 12.0. The predicted octanol–water partition coefficient (Wildman–Crippen LogP) is 3.19. The number of carbonyl (C=O) groups is 3. The highest BCUT2D eigenvalue weighted by Gasteiger charge is 2.38. The summed E-state index contributed by atoms with van der Waals surface area (Å²) in [5.74, 6) is -1.17. The number of hydrogen-bond acceptors (Lipinski definition) is 7. The average Bonchev–Trinajstić information content (AvgIpc) is 2.69. The molecule has 0 saturated heterocycles. The number of methoxy groups -OCH3 is 1. The third kappa shape index (κ3) is 9.62. The number of benzene rings is 1. The van der Waals surface area contributed by atoms with E-state index >= 15 is 0 Å². The van der Waals surface area contributed by atoms with Crippen molar-refractivity contribution in [2.75, 3.05) is 13.7 Å². The summed E-state index contributed by atoms with van der Waals surface area (Å²) in [6, 6.07) is 8.31. The highest BCUT2D eigenvalue weighted by Crippen LogP contribution is 2.36. The Balaban J connectivity index is 2.79. The first kappa shape index (κ1) is 26.8. The Morgan fingerprint density at radius 2 is 1.74 bits per heavy atom. The Hall–Kier alpha value is -2.23. The van der Waals surface area contributed by atoms with Crippen LogP contribution in [0.25, 0.3) is 0 Å². The zero-order valence-corrected chi connectivity index (χ0v) is 20.3. The van der Waals surface area contributed by atoms with E-state index in [1.165, 1.54) is 7.11 Å². The number of ketones is 1. The summed E-state index contributed by atoms with van der Waals surface area (Å²) in [6.07, 6.45) is -2.74. The average molecular weight is 454 g/mol. The summed E-state index contributed by atoms with van der Waals surface area (Å²) in [4.78, 5) is 35.7. The van der Waals surface area contributed by atoms with Crippen LogP contribution in [0.2, 0.25) is 18.1 Å². The fraction of sp³-hybridized carbons (Fsp3) is 0.591. The van der Waals surface area contributed by atoms with Gasteiger partial charge in [-0.1, -0.05) is 51.1 Å². The summed E-state index contributed by atoms with van der Waals surface area (Å²) < 4.78 is 15.8. The number of aliphatic hydroxyl groups excluding tert-OH is 1. The molecule has 0 aliphatic carbocycles. The van der Waals surface area contributed by atoms with Crippen LogP contribution in [0.1, 0.15) is 39.2 Å². The monoisotopic (exact) mass is 453 g/mol. The van der Waals surface area contributed by atoms with Crippen molar-refractivity contribution in [1.29, 1.82) is 0 Å². The van der Waals surface area contributed by atoms with Gasteiger partial charge in [0.05, 0.1) is 25.9 Å². The van der Waals surface area contributed by atoms with Gasteiger partial charge in [0.2, 0.25) is 0 Å². The van der Waals surface area contributed by atoms with Crippen LogP contribution in [-0.4, -0.2) is 57.1 Å². The van der Waals surface area contributed by atoms with Crippen LogP contribution < -0.4 is 5.32 Å². The number of alkyl carbamates (subject to hydrolysis) is 1. The zero-order valence-electron chi connectivity index (χ0n) is 19.3. The van der Waals surface area contributed by atoms with Crippen molar-refractivity contribution in [2.45, 2.75) is 70.5 Å². The largest absolute Gasteiger partial charge is 0.469 e. The fourth-order valence-corrected chi connectivity index (χ4v) is 3.39. The Morgan fingerprint density at radius 1 is 1.13 bits per heavy atom. The molecule has 0 unspecified atom stereocenters. The third-order valence-electron chi connectivity index (χ3n) is 5.42. The summed E-state index contributed by atoms with van der Waals surface area (Å²) in [5.41, 5.74) is 0.820. The number of ether oxygens (including phenoxy) is 2. The third-order valence-corrected chi connectivity index (χ3v) is 9.92. The molecule has 2 N–H and O–H groups in total. The number of esters is 1. The molecule has 2 atom stereocenters. The van der Waals surface area contributed by atoms with Crippen LogP contribution in [-0.2, 0) is 30.1 Å². The van der Waals surface area contributed by atoms with E-state index in [9.17, 15) is 19.5 Å². The highest BCUT2D eigenvalue weighted by molar-refractivity contribution is 6.74. The smallest absolute Gasteiger partial charge is 0.407 e. The van der Waals surface area contributed by atoms with Gasteiger partial charge in [-0.25, -0.2) is 4.79 Å². The van der Waals surface area contributed by atoms with Gasteiger partial charge in [0, 0.05) is 6.42 Å². The number of carbonyl (C=O) groups excluding carboxylic acids is 3. The lowest BCUT2D eigenvalue weighted by Gasteiger charge is -2.37.